The summed E-state index contributed by atoms with van der Waals surface area (Å²) in [5.74, 6) is 0.696. The van der Waals surface area contributed by atoms with Gasteiger partial charge in [-0.3, -0.25) is 4.79 Å². The number of thiazole rings is 1. The second kappa shape index (κ2) is 6.72. The van der Waals surface area contributed by atoms with Crippen molar-refractivity contribution in [2.45, 2.75) is 32.6 Å². The van der Waals surface area contributed by atoms with Crippen molar-refractivity contribution in [1.29, 1.82) is 0 Å². The highest BCUT2D eigenvalue weighted by atomic mass is 32.1. The maximum absolute atomic E-state index is 11.7. The molecule has 1 aromatic heterocycles. The molecule has 0 fully saturated rings. The number of aromatic nitrogens is 1. The predicted molar refractivity (Wildman–Crippen MR) is 86.0 cm³/mol. The molecule has 1 N–H and O–H groups in total. The number of carbonyl (C=O) groups excluding carboxylic acids is 1. The number of carbonyl (C=O) groups is 1. The molecule has 0 aliphatic rings. The van der Waals surface area contributed by atoms with Gasteiger partial charge in [-0.2, -0.15) is 0 Å². The van der Waals surface area contributed by atoms with Crippen LogP contribution in [-0.4, -0.2) is 17.5 Å². The monoisotopic (exact) mass is 304 g/mol. The van der Waals surface area contributed by atoms with Crippen LogP contribution < -0.4 is 10.1 Å². The second-order valence-electron chi connectivity index (χ2n) is 5.76. The first kappa shape index (κ1) is 15.5. The number of rotatable bonds is 5. The molecule has 5 heteroatoms. The molecule has 0 saturated carbocycles. The lowest BCUT2D eigenvalue weighted by atomic mass is 9.87. The van der Waals surface area contributed by atoms with Crippen LogP contribution in [-0.2, 0) is 10.2 Å². The van der Waals surface area contributed by atoms with Crippen molar-refractivity contribution in [3.63, 3.8) is 0 Å². The SMILES string of the molecule is CC(C)(C)c1ccc(OCCC(=O)Nc2nccs2)cc1. The minimum atomic E-state index is -0.0868. The van der Waals surface area contributed by atoms with Gasteiger partial charge in [-0.1, -0.05) is 32.9 Å². The first-order valence-electron chi connectivity index (χ1n) is 6.88. The van der Waals surface area contributed by atoms with Crippen LogP contribution in [0.2, 0.25) is 0 Å². The van der Waals surface area contributed by atoms with Gasteiger partial charge in [0, 0.05) is 11.6 Å². The Bertz CT molecular complexity index is 571. The van der Waals surface area contributed by atoms with Crippen LogP contribution in [0.5, 0.6) is 5.75 Å². The first-order chi connectivity index (χ1) is 9.95. The minimum Gasteiger partial charge on any atom is -0.493 e. The third kappa shape index (κ3) is 4.86. The fourth-order valence-corrected chi connectivity index (χ4v) is 2.32. The van der Waals surface area contributed by atoms with Crippen molar-refractivity contribution >= 4 is 22.4 Å². The maximum Gasteiger partial charge on any atom is 0.229 e. The molecule has 0 atom stereocenters. The molecule has 21 heavy (non-hydrogen) atoms. The van der Waals surface area contributed by atoms with Crippen LogP contribution in [0.1, 0.15) is 32.8 Å². The number of nitrogens with one attached hydrogen (secondary N) is 1. The van der Waals surface area contributed by atoms with E-state index in [2.05, 4.69) is 43.2 Å². The highest BCUT2D eigenvalue weighted by Crippen LogP contribution is 2.24. The fourth-order valence-electron chi connectivity index (χ4n) is 1.78. The average molecular weight is 304 g/mol. The number of hydrogen-bond donors (Lipinski definition) is 1. The Morgan fingerprint density at radius 3 is 2.57 bits per heavy atom. The molecule has 1 heterocycles. The lowest BCUT2D eigenvalue weighted by Gasteiger charge is -2.19. The quantitative estimate of drug-likeness (QED) is 0.913. The number of nitrogens with zero attached hydrogens (tertiary/aromatic N) is 1. The van der Waals surface area contributed by atoms with E-state index in [0.29, 0.717) is 18.2 Å². The standard InChI is InChI=1S/C16H20N2O2S/c1-16(2,3)12-4-6-13(7-5-12)20-10-8-14(19)18-15-17-9-11-21-15/h4-7,9,11H,8,10H2,1-3H3,(H,17,18,19). The molecule has 112 valence electrons. The number of hydrogen-bond acceptors (Lipinski definition) is 4. The van der Waals surface area contributed by atoms with Crippen LogP contribution in [0, 0.1) is 0 Å². The largest absolute Gasteiger partial charge is 0.493 e. The van der Waals surface area contributed by atoms with Gasteiger partial charge in [-0.15, -0.1) is 11.3 Å². The number of benzene rings is 1. The zero-order valence-electron chi connectivity index (χ0n) is 12.6. The Morgan fingerprint density at radius 1 is 1.29 bits per heavy atom. The highest BCUT2D eigenvalue weighted by molar-refractivity contribution is 7.13. The Balaban J connectivity index is 1.77. The summed E-state index contributed by atoms with van der Waals surface area (Å²) >= 11 is 1.40. The predicted octanol–water partition coefficient (Wildman–Crippen LogP) is 3.85. The van der Waals surface area contributed by atoms with E-state index in [9.17, 15) is 4.79 Å². The maximum atomic E-state index is 11.7. The van der Waals surface area contributed by atoms with E-state index in [1.807, 2.05) is 17.5 Å². The summed E-state index contributed by atoms with van der Waals surface area (Å²) in [6.07, 6.45) is 1.97. The van der Waals surface area contributed by atoms with Gasteiger partial charge >= 0.3 is 0 Å². The lowest BCUT2D eigenvalue weighted by molar-refractivity contribution is -0.116. The van der Waals surface area contributed by atoms with Crippen LogP contribution in [0.15, 0.2) is 35.8 Å². The van der Waals surface area contributed by atoms with Crippen molar-refractivity contribution in [3.05, 3.63) is 41.4 Å². The van der Waals surface area contributed by atoms with Crippen LogP contribution in [0.25, 0.3) is 0 Å². The van der Waals surface area contributed by atoms with Gasteiger partial charge < -0.3 is 10.1 Å². The molecule has 0 aliphatic heterocycles. The zero-order valence-corrected chi connectivity index (χ0v) is 13.4. The third-order valence-corrected chi connectivity index (χ3v) is 3.69. The molecule has 1 aromatic carbocycles. The molecular formula is C16H20N2O2S. The third-order valence-electron chi connectivity index (χ3n) is 3.00. The van der Waals surface area contributed by atoms with Crippen molar-refractivity contribution in [1.82, 2.24) is 4.98 Å². The topological polar surface area (TPSA) is 51.2 Å². The van der Waals surface area contributed by atoms with E-state index in [4.69, 9.17) is 4.74 Å². The normalized spacial score (nSPS) is 11.2. The molecule has 4 nitrogen and oxygen atoms in total. The molecule has 0 aliphatic carbocycles. The Hall–Kier alpha value is -1.88. The highest BCUT2D eigenvalue weighted by Gasteiger charge is 2.13. The van der Waals surface area contributed by atoms with Gasteiger partial charge in [0.05, 0.1) is 13.0 Å². The molecule has 1 amide bonds. The smallest absolute Gasteiger partial charge is 0.229 e. The number of ether oxygens (including phenoxy) is 1. The zero-order chi connectivity index (χ0) is 15.3. The number of amides is 1. The van der Waals surface area contributed by atoms with Gasteiger partial charge in [0.15, 0.2) is 5.13 Å². The van der Waals surface area contributed by atoms with Crippen LogP contribution in [0.4, 0.5) is 5.13 Å². The minimum absolute atomic E-state index is 0.0868. The van der Waals surface area contributed by atoms with Gasteiger partial charge in [0.1, 0.15) is 5.75 Å². The van der Waals surface area contributed by atoms with Crippen molar-refractivity contribution in [2.75, 3.05) is 11.9 Å². The van der Waals surface area contributed by atoms with E-state index in [0.717, 1.165) is 5.75 Å². The van der Waals surface area contributed by atoms with Gasteiger partial charge in [-0.05, 0) is 23.1 Å². The molecular weight excluding hydrogens is 284 g/mol. The summed E-state index contributed by atoms with van der Waals surface area (Å²) in [6, 6.07) is 8.01. The van der Waals surface area contributed by atoms with Gasteiger partial charge in [0.2, 0.25) is 5.91 Å². The van der Waals surface area contributed by atoms with Crippen molar-refractivity contribution in [3.8, 4) is 5.75 Å². The Morgan fingerprint density at radius 2 is 2.00 bits per heavy atom. The molecule has 2 rings (SSSR count). The van der Waals surface area contributed by atoms with Gasteiger partial charge in [0.25, 0.3) is 0 Å². The summed E-state index contributed by atoms with van der Waals surface area (Å²) in [6.45, 7) is 6.87. The summed E-state index contributed by atoms with van der Waals surface area (Å²) < 4.78 is 5.59. The number of anilines is 1. The van der Waals surface area contributed by atoms with Crippen LogP contribution in [0.3, 0.4) is 0 Å². The van der Waals surface area contributed by atoms with Crippen LogP contribution >= 0.6 is 11.3 Å². The average Bonchev–Trinajstić information content (AvgIpc) is 2.91. The van der Waals surface area contributed by atoms with Gasteiger partial charge in [-0.25, -0.2) is 4.98 Å². The molecule has 2 aromatic rings. The Kier molecular flexibility index (Phi) is 4.96. The van der Waals surface area contributed by atoms with Crippen molar-refractivity contribution < 1.29 is 9.53 Å². The molecule has 0 bridgehead atoms. The first-order valence-corrected chi connectivity index (χ1v) is 7.76. The molecule has 0 spiro atoms. The summed E-state index contributed by atoms with van der Waals surface area (Å²) in [5.41, 5.74) is 1.39. The van der Waals surface area contributed by atoms with E-state index in [-0.39, 0.29) is 11.3 Å². The summed E-state index contributed by atoms with van der Waals surface area (Å²) in [5, 5.41) is 5.17. The van der Waals surface area contributed by atoms with E-state index < -0.39 is 0 Å². The summed E-state index contributed by atoms with van der Waals surface area (Å²) in [4.78, 5) is 15.7. The Labute approximate surface area is 129 Å². The van der Waals surface area contributed by atoms with Crippen molar-refractivity contribution in [2.24, 2.45) is 0 Å². The fraction of sp³-hybridized carbons (Fsp3) is 0.375. The second-order valence-corrected chi connectivity index (χ2v) is 6.65. The molecule has 0 saturated heterocycles. The van der Waals surface area contributed by atoms with E-state index in [1.165, 1.54) is 16.9 Å². The molecule has 0 unspecified atom stereocenters. The summed E-state index contributed by atoms with van der Waals surface area (Å²) in [7, 11) is 0. The van der Waals surface area contributed by atoms with E-state index in [1.54, 1.807) is 6.20 Å². The van der Waals surface area contributed by atoms with E-state index >= 15 is 0 Å². The lowest BCUT2D eigenvalue weighted by Crippen LogP contribution is -2.15. The molecule has 0 radical (unpaired) electrons.